The second kappa shape index (κ2) is 14.1. The van der Waals surface area contributed by atoms with Gasteiger partial charge in [-0.25, -0.2) is 8.78 Å². The molecule has 0 aromatic heterocycles. The second-order valence-corrected chi connectivity index (χ2v) is 5.25. The fraction of sp³-hybridized carbons (Fsp3) is 0.588. The molecule has 1 unspecified atom stereocenters. The average molecular weight is 330 g/mol. The van der Waals surface area contributed by atoms with Gasteiger partial charge < -0.3 is 15.7 Å². The third kappa shape index (κ3) is 12.7. The van der Waals surface area contributed by atoms with Crippen LogP contribution >= 0.6 is 0 Å². The van der Waals surface area contributed by atoms with Gasteiger partial charge in [-0.15, -0.1) is 0 Å². The van der Waals surface area contributed by atoms with E-state index in [-0.39, 0.29) is 12.0 Å². The number of alkyl halides is 2. The molecule has 1 aromatic rings. The molecule has 6 heteroatoms. The maximum Gasteiger partial charge on any atom is 0.229 e. The SMILES string of the molecule is CCC(N)=O.FCF.OC1CCN(CCCc2ccccc2)C1. The maximum absolute atomic E-state index is 9.62. The third-order valence-corrected chi connectivity index (χ3v) is 3.38. The molecule has 1 aromatic carbocycles. The van der Waals surface area contributed by atoms with E-state index < -0.39 is 6.93 Å². The lowest BCUT2D eigenvalue weighted by atomic mass is 10.1. The van der Waals surface area contributed by atoms with Crippen LogP contribution in [0.5, 0.6) is 0 Å². The first kappa shape index (κ1) is 21.5. The van der Waals surface area contributed by atoms with Crippen LogP contribution in [0.3, 0.4) is 0 Å². The van der Waals surface area contributed by atoms with Gasteiger partial charge in [-0.1, -0.05) is 37.3 Å². The number of rotatable bonds is 5. The molecular weight excluding hydrogens is 302 g/mol. The molecule has 1 fully saturated rings. The smallest absolute Gasteiger partial charge is 0.229 e. The summed E-state index contributed by atoms with van der Waals surface area (Å²) in [5.41, 5.74) is 6.07. The normalized spacial score (nSPS) is 16.8. The molecule has 1 atom stereocenters. The van der Waals surface area contributed by atoms with Crippen LogP contribution in [0.15, 0.2) is 30.3 Å². The lowest BCUT2D eigenvalue weighted by molar-refractivity contribution is -0.117. The van der Waals surface area contributed by atoms with Gasteiger partial charge in [-0.3, -0.25) is 4.79 Å². The summed E-state index contributed by atoms with van der Waals surface area (Å²) in [4.78, 5) is 11.9. The van der Waals surface area contributed by atoms with Crippen molar-refractivity contribution in [2.75, 3.05) is 26.6 Å². The number of nitrogens with two attached hydrogens (primary N) is 1. The Morgan fingerprint density at radius 1 is 1.35 bits per heavy atom. The fourth-order valence-electron chi connectivity index (χ4n) is 2.17. The number of amides is 1. The van der Waals surface area contributed by atoms with Crippen molar-refractivity contribution in [3.05, 3.63) is 35.9 Å². The summed E-state index contributed by atoms with van der Waals surface area (Å²) in [5.74, 6) is -0.245. The summed E-state index contributed by atoms with van der Waals surface area (Å²) in [6.07, 6.45) is 3.65. The van der Waals surface area contributed by atoms with Crippen LogP contribution in [-0.2, 0) is 11.2 Å². The number of carbonyl (C=O) groups excluding carboxylic acids is 1. The lowest BCUT2D eigenvalue weighted by Gasteiger charge is -2.14. The Labute approximate surface area is 137 Å². The largest absolute Gasteiger partial charge is 0.392 e. The van der Waals surface area contributed by atoms with Crippen molar-refractivity contribution >= 4 is 5.91 Å². The molecule has 4 nitrogen and oxygen atoms in total. The number of carbonyl (C=O) groups is 1. The average Bonchev–Trinajstić information content (AvgIpc) is 2.95. The van der Waals surface area contributed by atoms with Crippen LogP contribution in [-0.4, -0.2) is 48.6 Å². The number of β-amino-alcohol motifs (C(OH)–C–C–N with tert-alkyl or cyclic N) is 1. The van der Waals surface area contributed by atoms with E-state index >= 15 is 0 Å². The molecule has 3 N–H and O–H groups in total. The van der Waals surface area contributed by atoms with Crippen molar-refractivity contribution in [1.82, 2.24) is 4.90 Å². The monoisotopic (exact) mass is 330 g/mol. The van der Waals surface area contributed by atoms with Crippen LogP contribution in [0, 0.1) is 0 Å². The van der Waals surface area contributed by atoms with Gasteiger partial charge in [0.25, 0.3) is 0 Å². The highest BCUT2D eigenvalue weighted by molar-refractivity contribution is 5.73. The van der Waals surface area contributed by atoms with Gasteiger partial charge in [0, 0.05) is 19.5 Å². The molecule has 2 rings (SSSR count). The lowest BCUT2D eigenvalue weighted by Crippen LogP contribution is -2.23. The highest BCUT2D eigenvalue weighted by Crippen LogP contribution is 2.10. The van der Waals surface area contributed by atoms with Crippen LogP contribution < -0.4 is 5.73 Å². The summed E-state index contributed by atoms with van der Waals surface area (Å²) in [6, 6.07) is 10.6. The summed E-state index contributed by atoms with van der Waals surface area (Å²) in [5, 5.41) is 9.37. The number of halogens is 2. The molecule has 0 spiro atoms. The zero-order valence-electron chi connectivity index (χ0n) is 13.8. The predicted octanol–water partition coefficient (Wildman–Crippen LogP) is 2.45. The minimum Gasteiger partial charge on any atom is -0.392 e. The Morgan fingerprint density at radius 3 is 2.35 bits per heavy atom. The van der Waals surface area contributed by atoms with Crippen molar-refractivity contribution in [1.29, 1.82) is 0 Å². The predicted molar refractivity (Wildman–Crippen MR) is 88.4 cm³/mol. The van der Waals surface area contributed by atoms with E-state index in [1.165, 1.54) is 12.0 Å². The number of likely N-dealkylation sites (tertiary alicyclic amines) is 1. The first-order valence-corrected chi connectivity index (χ1v) is 7.88. The van der Waals surface area contributed by atoms with E-state index in [2.05, 4.69) is 41.0 Å². The number of aliphatic hydroxyl groups excluding tert-OH is 1. The van der Waals surface area contributed by atoms with Gasteiger partial charge >= 0.3 is 0 Å². The van der Waals surface area contributed by atoms with Gasteiger partial charge in [-0.2, -0.15) is 0 Å². The molecule has 0 radical (unpaired) electrons. The topological polar surface area (TPSA) is 66.6 Å². The molecule has 23 heavy (non-hydrogen) atoms. The van der Waals surface area contributed by atoms with E-state index in [1.807, 2.05) is 0 Å². The number of hydrogen-bond donors (Lipinski definition) is 2. The number of nitrogens with zero attached hydrogens (tertiary/aromatic N) is 1. The van der Waals surface area contributed by atoms with Crippen LogP contribution in [0.2, 0.25) is 0 Å². The maximum atomic E-state index is 9.62. The highest BCUT2D eigenvalue weighted by Gasteiger charge is 2.18. The summed E-state index contributed by atoms with van der Waals surface area (Å²) in [6.45, 7) is 3.03. The number of aliphatic hydroxyl groups is 1. The highest BCUT2D eigenvalue weighted by atomic mass is 19.3. The van der Waals surface area contributed by atoms with Crippen LogP contribution in [0.1, 0.15) is 31.7 Å². The Bertz CT molecular complexity index is 405. The van der Waals surface area contributed by atoms with Crippen molar-refractivity contribution in [3.63, 3.8) is 0 Å². The Balaban J connectivity index is 0.000000511. The standard InChI is InChI=1S/C13H19NO.C3H7NO.CH2F2/c15-13-8-10-14(11-13)9-4-7-12-5-2-1-3-6-12;1-2-3(4)5;2-1-3/h1-3,5-6,13,15H,4,7-11H2;2H2,1H3,(H2,4,5);1H2. The van der Waals surface area contributed by atoms with Gasteiger partial charge in [0.15, 0.2) is 0 Å². The minimum absolute atomic E-state index is 0.0817. The Morgan fingerprint density at radius 2 is 1.91 bits per heavy atom. The van der Waals surface area contributed by atoms with Gasteiger partial charge in [0.1, 0.15) is 0 Å². The van der Waals surface area contributed by atoms with Gasteiger partial charge in [0.05, 0.1) is 6.10 Å². The van der Waals surface area contributed by atoms with E-state index in [1.54, 1.807) is 6.92 Å². The van der Waals surface area contributed by atoms with Crippen molar-refractivity contribution < 1.29 is 18.7 Å². The van der Waals surface area contributed by atoms with E-state index in [9.17, 15) is 18.7 Å². The molecule has 132 valence electrons. The Hall–Kier alpha value is -1.53. The second-order valence-electron chi connectivity index (χ2n) is 5.25. The summed E-state index contributed by atoms with van der Waals surface area (Å²) < 4.78 is 19.2. The molecule has 1 saturated heterocycles. The number of hydrogen-bond acceptors (Lipinski definition) is 3. The molecule has 1 aliphatic rings. The third-order valence-electron chi connectivity index (χ3n) is 3.38. The Kier molecular flexibility index (Phi) is 13.2. The molecule has 1 heterocycles. The van der Waals surface area contributed by atoms with E-state index in [4.69, 9.17) is 0 Å². The molecule has 0 aliphatic carbocycles. The summed E-state index contributed by atoms with van der Waals surface area (Å²) in [7, 11) is 0. The fourth-order valence-corrected chi connectivity index (χ4v) is 2.17. The number of aryl methyl sites for hydroxylation is 1. The molecule has 0 bridgehead atoms. The molecular formula is C17H28F2N2O2. The van der Waals surface area contributed by atoms with Crippen molar-refractivity contribution in [2.24, 2.45) is 5.73 Å². The molecule has 0 saturated carbocycles. The zero-order valence-corrected chi connectivity index (χ0v) is 13.8. The van der Waals surface area contributed by atoms with Crippen molar-refractivity contribution in [2.45, 2.75) is 38.7 Å². The first-order valence-electron chi connectivity index (χ1n) is 7.88. The van der Waals surface area contributed by atoms with Crippen LogP contribution in [0.4, 0.5) is 8.78 Å². The summed E-state index contributed by atoms with van der Waals surface area (Å²) >= 11 is 0. The van der Waals surface area contributed by atoms with Gasteiger partial charge in [0.2, 0.25) is 12.8 Å². The zero-order chi connectivity index (χ0) is 17.5. The molecule has 1 aliphatic heterocycles. The number of primary amides is 1. The minimum atomic E-state index is -1.75. The quantitative estimate of drug-likeness (QED) is 0.871. The van der Waals surface area contributed by atoms with E-state index in [0.29, 0.717) is 6.42 Å². The van der Waals surface area contributed by atoms with E-state index in [0.717, 1.165) is 32.5 Å². The first-order chi connectivity index (χ1) is 11.0. The van der Waals surface area contributed by atoms with Gasteiger partial charge in [-0.05, 0) is 31.4 Å². The van der Waals surface area contributed by atoms with Crippen molar-refractivity contribution in [3.8, 4) is 0 Å². The van der Waals surface area contributed by atoms with Crippen LogP contribution in [0.25, 0.3) is 0 Å². The number of benzene rings is 1. The molecule has 1 amide bonds.